The minimum atomic E-state index is -0.575. The number of amides is 3. The van der Waals surface area contributed by atoms with Gasteiger partial charge in [-0.15, -0.1) is 0 Å². The van der Waals surface area contributed by atoms with E-state index in [1.807, 2.05) is 19.9 Å². The van der Waals surface area contributed by atoms with Gasteiger partial charge in [0.05, 0.1) is 11.8 Å². The summed E-state index contributed by atoms with van der Waals surface area (Å²) in [4.78, 5) is 39.0. The van der Waals surface area contributed by atoms with Crippen molar-refractivity contribution >= 4 is 40.7 Å². The van der Waals surface area contributed by atoms with E-state index in [0.29, 0.717) is 23.5 Å². The third kappa shape index (κ3) is 4.54. The van der Waals surface area contributed by atoms with Crippen molar-refractivity contribution in [3.63, 3.8) is 0 Å². The predicted octanol–water partition coefficient (Wildman–Crippen LogP) is 3.65. The standard InChI is InChI=1S/C24H24ClN3O4/c1-14-10-15(2)12-18(11-14)28-23(30)20(25)21(24(28)31)27-17-7-5-16(6-8-17)22(29)26-13-19-4-3-9-32-19/h5-8,10-12,19,27H,3-4,9,13H2,1-2H3,(H,26,29). The predicted molar refractivity (Wildman–Crippen MR) is 123 cm³/mol. The summed E-state index contributed by atoms with van der Waals surface area (Å²) in [5.74, 6) is -1.30. The number of hydrogen-bond acceptors (Lipinski definition) is 5. The minimum absolute atomic E-state index is 0.00593. The lowest BCUT2D eigenvalue weighted by Crippen LogP contribution is -2.32. The Labute approximate surface area is 191 Å². The second-order valence-electron chi connectivity index (χ2n) is 8.03. The molecule has 2 aliphatic heterocycles. The van der Waals surface area contributed by atoms with Crippen LogP contribution < -0.4 is 15.5 Å². The lowest BCUT2D eigenvalue weighted by atomic mass is 10.1. The van der Waals surface area contributed by atoms with Crippen LogP contribution in [0.15, 0.2) is 53.2 Å². The summed E-state index contributed by atoms with van der Waals surface area (Å²) < 4.78 is 5.51. The Morgan fingerprint density at radius 1 is 1.09 bits per heavy atom. The molecular weight excluding hydrogens is 430 g/mol. The fourth-order valence-corrected chi connectivity index (χ4v) is 4.10. The third-order valence-electron chi connectivity index (χ3n) is 5.42. The maximum Gasteiger partial charge on any atom is 0.283 e. The fraction of sp³-hybridized carbons (Fsp3) is 0.292. The smallest absolute Gasteiger partial charge is 0.283 e. The largest absolute Gasteiger partial charge is 0.376 e. The van der Waals surface area contributed by atoms with Crippen molar-refractivity contribution in [3.05, 3.63) is 69.9 Å². The van der Waals surface area contributed by atoms with Crippen molar-refractivity contribution in [1.29, 1.82) is 0 Å². The van der Waals surface area contributed by atoms with Crippen LogP contribution in [0.2, 0.25) is 0 Å². The molecule has 0 spiro atoms. The van der Waals surface area contributed by atoms with E-state index in [4.69, 9.17) is 16.3 Å². The van der Waals surface area contributed by atoms with E-state index in [-0.39, 0.29) is 22.7 Å². The van der Waals surface area contributed by atoms with Crippen LogP contribution in [0, 0.1) is 13.8 Å². The Morgan fingerprint density at radius 2 is 1.78 bits per heavy atom. The maximum absolute atomic E-state index is 13.0. The second kappa shape index (κ2) is 9.14. The summed E-state index contributed by atoms with van der Waals surface area (Å²) >= 11 is 6.21. The van der Waals surface area contributed by atoms with Crippen LogP contribution in [0.4, 0.5) is 11.4 Å². The van der Waals surface area contributed by atoms with E-state index in [1.54, 1.807) is 36.4 Å². The number of carbonyl (C=O) groups is 3. The molecule has 0 saturated carbocycles. The number of carbonyl (C=O) groups excluding carboxylic acids is 3. The lowest BCUT2D eigenvalue weighted by Gasteiger charge is -2.16. The van der Waals surface area contributed by atoms with Crippen molar-refractivity contribution < 1.29 is 19.1 Å². The van der Waals surface area contributed by atoms with Gasteiger partial charge >= 0.3 is 0 Å². The monoisotopic (exact) mass is 453 g/mol. The van der Waals surface area contributed by atoms with Crippen molar-refractivity contribution in [3.8, 4) is 0 Å². The molecule has 4 rings (SSSR count). The first-order chi connectivity index (χ1) is 15.3. The van der Waals surface area contributed by atoms with Crippen LogP contribution in [0.25, 0.3) is 0 Å². The average molecular weight is 454 g/mol. The van der Waals surface area contributed by atoms with Crippen LogP contribution in [-0.2, 0) is 14.3 Å². The molecule has 2 N–H and O–H groups in total. The van der Waals surface area contributed by atoms with Gasteiger partial charge in [0.1, 0.15) is 10.7 Å². The summed E-state index contributed by atoms with van der Waals surface area (Å²) in [5, 5.41) is 5.62. The van der Waals surface area contributed by atoms with E-state index >= 15 is 0 Å². The summed E-state index contributed by atoms with van der Waals surface area (Å²) in [6, 6.07) is 12.1. The number of imide groups is 1. The number of aryl methyl sites for hydroxylation is 2. The zero-order valence-corrected chi connectivity index (χ0v) is 18.7. The first-order valence-electron chi connectivity index (χ1n) is 10.5. The highest BCUT2D eigenvalue weighted by atomic mass is 35.5. The number of benzene rings is 2. The van der Waals surface area contributed by atoms with Crippen LogP contribution in [0.3, 0.4) is 0 Å². The molecule has 0 radical (unpaired) electrons. The molecule has 3 amide bonds. The highest BCUT2D eigenvalue weighted by molar-refractivity contribution is 6.53. The molecule has 0 aliphatic carbocycles. The van der Waals surface area contributed by atoms with Gasteiger partial charge in [0, 0.05) is 24.4 Å². The Kier molecular flexibility index (Phi) is 6.30. The molecule has 1 atom stereocenters. The first kappa shape index (κ1) is 22.0. The zero-order valence-electron chi connectivity index (χ0n) is 17.9. The number of nitrogens with zero attached hydrogens (tertiary/aromatic N) is 1. The van der Waals surface area contributed by atoms with E-state index < -0.39 is 11.8 Å². The van der Waals surface area contributed by atoms with E-state index in [0.717, 1.165) is 35.5 Å². The number of halogens is 1. The number of rotatable bonds is 6. The SMILES string of the molecule is Cc1cc(C)cc(N2C(=O)C(Cl)=C(Nc3ccc(C(=O)NCC4CCCO4)cc3)C2=O)c1. The molecular formula is C24H24ClN3O4. The molecule has 1 fully saturated rings. The van der Waals surface area contributed by atoms with Gasteiger partial charge in [-0.3, -0.25) is 14.4 Å². The van der Waals surface area contributed by atoms with Crippen molar-refractivity contribution in [2.24, 2.45) is 0 Å². The molecule has 0 aromatic heterocycles. The van der Waals surface area contributed by atoms with Crippen molar-refractivity contribution in [2.45, 2.75) is 32.8 Å². The quantitative estimate of drug-likeness (QED) is 0.652. The van der Waals surface area contributed by atoms with Gasteiger partial charge in [0.2, 0.25) is 0 Å². The summed E-state index contributed by atoms with van der Waals surface area (Å²) in [6.07, 6.45) is 2.03. The molecule has 32 heavy (non-hydrogen) atoms. The van der Waals surface area contributed by atoms with Gasteiger partial charge in [0.25, 0.3) is 17.7 Å². The number of anilines is 2. The summed E-state index contributed by atoms with van der Waals surface area (Å²) in [7, 11) is 0. The average Bonchev–Trinajstić information content (AvgIpc) is 3.35. The van der Waals surface area contributed by atoms with E-state index in [1.165, 1.54) is 0 Å². The molecule has 0 bridgehead atoms. The Hall–Kier alpha value is -3.16. The Bertz CT molecular complexity index is 1080. The zero-order chi connectivity index (χ0) is 22.8. The highest BCUT2D eigenvalue weighted by Crippen LogP contribution is 2.31. The normalized spacial score (nSPS) is 18.5. The molecule has 8 heteroatoms. The molecule has 2 aromatic rings. The van der Waals surface area contributed by atoms with Crippen LogP contribution >= 0.6 is 11.6 Å². The van der Waals surface area contributed by atoms with Crippen LogP contribution in [-0.4, -0.2) is 37.0 Å². The Balaban J connectivity index is 1.44. The van der Waals surface area contributed by atoms with Crippen molar-refractivity contribution in [2.75, 3.05) is 23.4 Å². The molecule has 1 unspecified atom stereocenters. The number of ether oxygens (including phenoxy) is 1. The molecule has 2 aromatic carbocycles. The van der Waals surface area contributed by atoms with Gasteiger partial charge in [-0.1, -0.05) is 17.7 Å². The van der Waals surface area contributed by atoms with Crippen LogP contribution in [0.1, 0.15) is 34.3 Å². The number of hydrogen-bond donors (Lipinski definition) is 2. The molecule has 1 saturated heterocycles. The highest BCUT2D eigenvalue weighted by Gasteiger charge is 2.39. The fourth-order valence-electron chi connectivity index (χ4n) is 3.89. The minimum Gasteiger partial charge on any atom is -0.376 e. The van der Waals surface area contributed by atoms with E-state index in [9.17, 15) is 14.4 Å². The molecule has 166 valence electrons. The lowest BCUT2D eigenvalue weighted by molar-refractivity contribution is -0.120. The first-order valence-corrected chi connectivity index (χ1v) is 10.8. The maximum atomic E-state index is 13.0. The molecule has 2 aliphatic rings. The molecule has 2 heterocycles. The van der Waals surface area contributed by atoms with Gasteiger partial charge in [-0.2, -0.15) is 0 Å². The Morgan fingerprint density at radius 3 is 2.41 bits per heavy atom. The molecule has 7 nitrogen and oxygen atoms in total. The summed E-state index contributed by atoms with van der Waals surface area (Å²) in [5.41, 5.74) is 3.38. The van der Waals surface area contributed by atoms with Crippen molar-refractivity contribution in [1.82, 2.24) is 5.32 Å². The van der Waals surface area contributed by atoms with Crippen LogP contribution in [0.5, 0.6) is 0 Å². The summed E-state index contributed by atoms with van der Waals surface area (Å²) in [6.45, 7) is 5.01. The van der Waals surface area contributed by atoms with Gasteiger partial charge in [0.15, 0.2) is 0 Å². The second-order valence-corrected chi connectivity index (χ2v) is 8.41. The van der Waals surface area contributed by atoms with E-state index in [2.05, 4.69) is 10.6 Å². The van der Waals surface area contributed by atoms with Gasteiger partial charge < -0.3 is 15.4 Å². The third-order valence-corrected chi connectivity index (χ3v) is 5.77. The number of nitrogens with one attached hydrogen (secondary N) is 2. The van der Waals surface area contributed by atoms with Gasteiger partial charge in [-0.05, 0) is 74.2 Å². The van der Waals surface area contributed by atoms with Gasteiger partial charge in [-0.25, -0.2) is 4.90 Å². The topological polar surface area (TPSA) is 87.7 Å².